The Labute approximate surface area is 230 Å². The van der Waals surface area contributed by atoms with Crippen molar-refractivity contribution in [3.63, 3.8) is 0 Å². The number of morpholine rings is 1. The number of amides is 1. The van der Waals surface area contributed by atoms with Crippen molar-refractivity contribution in [1.82, 2.24) is 14.5 Å². The summed E-state index contributed by atoms with van der Waals surface area (Å²) < 4.78 is 18.8. The van der Waals surface area contributed by atoms with Crippen molar-refractivity contribution in [1.29, 1.82) is 0 Å². The fraction of sp³-hybridized carbons (Fsp3) is 0.467. The second-order valence-electron chi connectivity index (χ2n) is 9.65. The third-order valence-electron chi connectivity index (χ3n) is 6.76. The molecule has 2 atom stereocenters. The molecule has 2 heterocycles. The van der Waals surface area contributed by atoms with E-state index in [9.17, 15) is 4.79 Å². The number of carbonyl (C=O) groups excluding carboxylic acids is 1. The van der Waals surface area contributed by atoms with Crippen molar-refractivity contribution >= 4 is 17.7 Å². The minimum Gasteiger partial charge on any atom is -0.497 e. The van der Waals surface area contributed by atoms with E-state index in [-0.39, 0.29) is 18.1 Å². The highest BCUT2D eigenvalue weighted by Gasteiger charge is 2.25. The number of unbranched alkanes of at least 4 members (excludes halogenated alkanes) is 1. The summed E-state index contributed by atoms with van der Waals surface area (Å²) in [7, 11) is 3.35. The molecule has 8 heteroatoms. The lowest BCUT2D eigenvalue weighted by molar-refractivity contribution is -0.143. The third-order valence-corrected chi connectivity index (χ3v) is 7.83. The SMILES string of the molecule is CCn1c(SCCCCC(=O)N2CC(C)OC(C)C2)nc(-c2ccc(OC)cc2)c1-c1ccc(OC)cc1. The topological polar surface area (TPSA) is 65.8 Å². The second kappa shape index (κ2) is 13.2. The van der Waals surface area contributed by atoms with Crippen LogP contribution in [0.3, 0.4) is 0 Å². The number of hydrogen-bond donors (Lipinski definition) is 0. The molecular weight excluding hydrogens is 498 g/mol. The van der Waals surface area contributed by atoms with E-state index in [0.717, 1.165) is 64.3 Å². The number of hydrogen-bond acceptors (Lipinski definition) is 6. The van der Waals surface area contributed by atoms with Crippen LogP contribution in [0.4, 0.5) is 0 Å². The van der Waals surface area contributed by atoms with E-state index < -0.39 is 0 Å². The van der Waals surface area contributed by atoms with Gasteiger partial charge >= 0.3 is 0 Å². The molecule has 0 saturated carbocycles. The van der Waals surface area contributed by atoms with E-state index in [1.165, 1.54) is 0 Å². The Morgan fingerprint density at radius 1 is 0.947 bits per heavy atom. The van der Waals surface area contributed by atoms with Gasteiger partial charge < -0.3 is 23.7 Å². The van der Waals surface area contributed by atoms with Crippen molar-refractivity contribution < 1.29 is 19.0 Å². The molecule has 38 heavy (non-hydrogen) atoms. The van der Waals surface area contributed by atoms with Crippen LogP contribution in [-0.4, -0.2) is 65.6 Å². The van der Waals surface area contributed by atoms with E-state index in [4.69, 9.17) is 19.2 Å². The maximum Gasteiger partial charge on any atom is 0.222 e. The van der Waals surface area contributed by atoms with Crippen LogP contribution in [0.25, 0.3) is 22.5 Å². The Balaban J connectivity index is 1.47. The van der Waals surface area contributed by atoms with Gasteiger partial charge in [-0.05, 0) is 82.1 Å². The maximum atomic E-state index is 12.7. The standard InChI is InChI=1S/C30H39N3O4S/c1-6-33-29(24-12-16-26(36-5)17-13-24)28(23-10-14-25(35-4)15-11-23)31-30(33)38-18-8-7-9-27(34)32-19-21(2)37-22(3)20-32/h10-17,21-22H,6-9,18-20H2,1-5H3. The number of imidazole rings is 1. The van der Waals surface area contributed by atoms with E-state index >= 15 is 0 Å². The molecule has 4 rings (SSSR count). The molecule has 1 fully saturated rings. The number of aromatic nitrogens is 2. The maximum absolute atomic E-state index is 12.7. The van der Waals surface area contributed by atoms with Gasteiger partial charge in [0, 0.05) is 42.9 Å². The molecule has 0 radical (unpaired) electrons. The summed E-state index contributed by atoms with van der Waals surface area (Å²) in [6.45, 7) is 8.40. The minimum absolute atomic E-state index is 0.103. The summed E-state index contributed by atoms with van der Waals surface area (Å²) in [6.07, 6.45) is 2.61. The first-order chi connectivity index (χ1) is 18.4. The highest BCUT2D eigenvalue weighted by molar-refractivity contribution is 7.99. The fourth-order valence-corrected chi connectivity index (χ4v) is 5.97. The van der Waals surface area contributed by atoms with Crippen molar-refractivity contribution in [3.05, 3.63) is 48.5 Å². The van der Waals surface area contributed by atoms with Crippen LogP contribution in [0.2, 0.25) is 0 Å². The van der Waals surface area contributed by atoms with E-state index in [0.29, 0.717) is 19.5 Å². The van der Waals surface area contributed by atoms with Crippen molar-refractivity contribution in [2.24, 2.45) is 0 Å². The van der Waals surface area contributed by atoms with Crippen molar-refractivity contribution in [3.8, 4) is 34.0 Å². The molecule has 7 nitrogen and oxygen atoms in total. The van der Waals surface area contributed by atoms with Crippen LogP contribution in [0.5, 0.6) is 11.5 Å². The molecule has 0 spiro atoms. The van der Waals surface area contributed by atoms with Gasteiger partial charge in [-0.15, -0.1) is 0 Å². The molecule has 0 bridgehead atoms. The first-order valence-electron chi connectivity index (χ1n) is 13.4. The van der Waals surface area contributed by atoms with Gasteiger partial charge in [-0.1, -0.05) is 11.8 Å². The number of nitrogens with zero attached hydrogens (tertiary/aromatic N) is 3. The number of methoxy groups -OCH3 is 2. The number of rotatable bonds is 11. The predicted octanol–water partition coefficient (Wildman–Crippen LogP) is 6.15. The van der Waals surface area contributed by atoms with E-state index in [2.05, 4.69) is 35.8 Å². The van der Waals surface area contributed by atoms with Gasteiger partial charge in [-0.25, -0.2) is 4.98 Å². The summed E-state index contributed by atoms with van der Waals surface area (Å²) in [5.74, 6) is 2.78. The average molecular weight is 538 g/mol. The predicted molar refractivity (Wildman–Crippen MR) is 153 cm³/mol. The van der Waals surface area contributed by atoms with Gasteiger partial charge in [0.15, 0.2) is 5.16 Å². The molecule has 1 aliphatic rings. The number of carbonyl (C=O) groups is 1. The number of ether oxygens (including phenoxy) is 3. The quantitative estimate of drug-likeness (QED) is 0.216. The minimum atomic E-state index is 0.103. The first kappa shape index (κ1) is 28.0. The van der Waals surface area contributed by atoms with Gasteiger partial charge in [0.2, 0.25) is 5.91 Å². The number of thioether (sulfide) groups is 1. The molecule has 2 aromatic carbocycles. The van der Waals surface area contributed by atoms with Crippen LogP contribution in [-0.2, 0) is 16.1 Å². The lowest BCUT2D eigenvalue weighted by atomic mass is 10.0. The van der Waals surface area contributed by atoms with Gasteiger partial charge in [-0.3, -0.25) is 4.79 Å². The third kappa shape index (κ3) is 6.72. The van der Waals surface area contributed by atoms with Gasteiger partial charge in [0.25, 0.3) is 0 Å². The Bertz CT molecular complexity index is 1180. The second-order valence-corrected chi connectivity index (χ2v) is 10.7. The smallest absolute Gasteiger partial charge is 0.222 e. The zero-order valence-electron chi connectivity index (χ0n) is 23.1. The van der Waals surface area contributed by atoms with E-state index in [1.54, 1.807) is 26.0 Å². The van der Waals surface area contributed by atoms with Gasteiger partial charge in [0.05, 0.1) is 37.8 Å². The van der Waals surface area contributed by atoms with Crippen molar-refractivity contribution in [2.75, 3.05) is 33.1 Å². The summed E-state index contributed by atoms with van der Waals surface area (Å²) >= 11 is 1.76. The van der Waals surface area contributed by atoms with Crippen LogP contribution in [0, 0.1) is 0 Å². The summed E-state index contributed by atoms with van der Waals surface area (Å²) in [5.41, 5.74) is 4.18. The Kier molecular flexibility index (Phi) is 9.74. The molecule has 1 saturated heterocycles. The van der Waals surface area contributed by atoms with Crippen LogP contribution in [0.1, 0.15) is 40.0 Å². The normalized spacial score (nSPS) is 17.4. The molecule has 1 amide bonds. The van der Waals surface area contributed by atoms with Crippen LogP contribution >= 0.6 is 11.8 Å². The van der Waals surface area contributed by atoms with Gasteiger partial charge in [0.1, 0.15) is 11.5 Å². The summed E-state index contributed by atoms with van der Waals surface area (Å²) in [4.78, 5) is 19.8. The lowest BCUT2D eigenvalue weighted by Crippen LogP contribution is -2.48. The Morgan fingerprint density at radius 2 is 1.53 bits per heavy atom. The highest BCUT2D eigenvalue weighted by Crippen LogP contribution is 2.37. The summed E-state index contributed by atoms with van der Waals surface area (Å²) in [6, 6.07) is 16.2. The summed E-state index contributed by atoms with van der Waals surface area (Å²) in [5, 5.41) is 0.992. The zero-order valence-corrected chi connectivity index (χ0v) is 23.9. The fourth-order valence-electron chi connectivity index (χ4n) is 4.91. The zero-order chi connectivity index (χ0) is 27.1. The molecule has 1 aliphatic heterocycles. The molecule has 3 aromatic rings. The Hall–Kier alpha value is -2.97. The van der Waals surface area contributed by atoms with Gasteiger partial charge in [-0.2, -0.15) is 0 Å². The lowest BCUT2D eigenvalue weighted by Gasteiger charge is -2.35. The molecule has 1 aromatic heterocycles. The Morgan fingerprint density at radius 3 is 2.08 bits per heavy atom. The monoisotopic (exact) mass is 537 g/mol. The van der Waals surface area contributed by atoms with Crippen LogP contribution in [0.15, 0.2) is 53.7 Å². The van der Waals surface area contributed by atoms with Crippen LogP contribution < -0.4 is 9.47 Å². The van der Waals surface area contributed by atoms with Crippen molar-refractivity contribution in [2.45, 2.75) is 63.9 Å². The first-order valence-corrected chi connectivity index (χ1v) is 14.4. The molecule has 0 N–H and O–H groups in total. The number of benzene rings is 2. The largest absolute Gasteiger partial charge is 0.497 e. The van der Waals surface area contributed by atoms with E-state index in [1.807, 2.05) is 43.0 Å². The molecule has 204 valence electrons. The highest BCUT2D eigenvalue weighted by atomic mass is 32.2. The molecular formula is C30H39N3O4S. The molecule has 2 unspecified atom stereocenters. The average Bonchev–Trinajstić information content (AvgIpc) is 3.30. The molecule has 0 aliphatic carbocycles.